The molecule has 2 aromatic heterocycles. The van der Waals surface area contributed by atoms with Crippen LogP contribution in [0, 0.1) is 0 Å². The van der Waals surface area contributed by atoms with Crippen molar-refractivity contribution in [1.29, 1.82) is 0 Å². The maximum Gasteiger partial charge on any atom is 0.140 e. The van der Waals surface area contributed by atoms with Gasteiger partial charge in [-0.25, -0.2) is 9.97 Å². The summed E-state index contributed by atoms with van der Waals surface area (Å²) in [6.45, 7) is 0. The van der Waals surface area contributed by atoms with Crippen molar-refractivity contribution in [2.75, 3.05) is 0 Å². The fraction of sp³-hybridized carbons (Fsp3) is 0. The number of hydrogen-bond donors (Lipinski definition) is 0. The summed E-state index contributed by atoms with van der Waals surface area (Å²) in [6.07, 6.45) is 5.33. The molecule has 0 spiro atoms. The Morgan fingerprint density at radius 2 is 1.93 bits per heavy atom. The molecule has 0 aliphatic carbocycles. The normalized spacial score (nSPS) is 10.7. The lowest BCUT2D eigenvalue weighted by molar-refractivity contribution is 1.01. The quantitative estimate of drug-likeness (QED) is 0.597. The molecule has 2 heterocycles. The number of para-hydroxylation sites is 1. The summed E-state index contributed by atoms with van der Waals surface area (Å²) < 4.78 is 2.05. The second-order valence-corrected chi connectivity index (χ2v) is 3.31. The van der Waals surface area contributed by atoms with Gasteiger partial charge in [-0.1, -0.05) is 18.2 Å². The predicted octanol–water partition coefficient (Wildman–Crippen LogP) is 2.42. The van der Waals surface area contributed by atoms with E-state index in [4.69, 9.17) is 0 Å². The fourth-order valence-corrected chi connectivity index (χ4v) is 1.71. The average Bonchev–Trinajstić information content (AvgIpc) is 2.74. The van der Waals surface area contributed by atoms with Crippen LogP contribution in [0.3, 0.4) is 0 Å². The number of nitrogens with zero attached hydrogens (tertiary/aromatic N) is 3. The Morgan fingerprint density at radius 1 is 1.00 bits per heavy atom. The van der Waals surface area contributed by atoms with Gasteiger partial charge in [-0.3, -0.25) is 0 Å². The zero-order valence-electron chi connectivity index (χ0n) is 8.04. The molecule has 0 atom stereocenters. The lowest BCUT2D eigenvalue weighted by Gasteiger charge is -2.02. The van der Waals surface area contributed by atoms with E-state index >= 15 is 0 Å². The molecule has 0 aliphatic rings. The van der Waals surface area contributed by atoms with Gasteiger partial charge in [0.15, 0.2) is 0 Å². The largest absolute Gasteiger partial charge is 0.301 e. The van der Waals surface area contributed by atoms with Crippen LogP contribution in [-0.2, 0) is 0 Å². The molecule has 3 nitrogen and oxygen atoms in total. The second kappa shape index (κ2) is 3.20. The van der Waals surface area contributed by atoms with Crippen molar-refractivity contribution in [3.05, 3.63) is 55.1 Å². The molecule has 0 N–H and O–H groups in total. The minimum Gasteiger partial charge on any atom is -0.301 e. The van der Waals surface area contributed by atoms with Crippen molar-refractivity contribution in [2.45, 2.75) is 0 Å². The summed E-state index contributed by atoms with van der Waals surface area (Å²) >= 11 is 0. The molecule has 0 radical (unpaired) electrons. The predicted molar refractivity (Wildman–Crippen MR) is 58.9 cm³/mol. The van der Waals surface area contributed by atoms with E-state index in [0.29, 0.717) is 0 Å². The number of aromatic nitrogens is 3. The molecule has 0 fully saturated rings. The maximum atomic E-state index is 4.22. The van der Waals surface area contributed by atoms with Crippen molar-refractivity contribution in [1.82, 2.24) is 14.5 Å². The van der Waals surface area contributed by atoms with E-state index in [1.54, 1.807) is 12.5 Å². The summed E-state index contributed by atoms with van der Waals surface area (Å²) in [6, 6.07) is 12.2. The highest BCUT2D eigenvalue weighted by molar-refractivity contribution is 5.81. The standard InChI is InChI=1S/C12H9N3/c1-2-4-11-10(3-1)6-8-15(11)12-5-7-13-9-14-12/h1-9H. The molecule has 3 rings (SSSR count). The van der Waals surface area contributed by atoms with Gasteiger partial charge >= 0.3 is 0 Å². The van der Waals surface area contributed by atoms with Crippen LogP contribution < -0.4 is 0 Å². The Kier molecular flexibility index (Phi) is 1.75. The van der Waals surface area contributed by atoms with Crippen LogP contribution in [0.1, 0.15) is 0 Å². The van der Waals surface area contributed by atoms with Gasteiger partial charge in [0.2, 0.25) is 0 Å². The highest BCUT2D eigenvalue weighted by Crippen LogP contribution is 2.17. The van der Waals surface area contributed by atoms with Gasteiger partial charge in [0.05, 0.1) is 5.52 Å². The third-order valence-corrected chi connectivity index (χ3v) is 2.41. The number of fused-ring (bicyclic) bond motifs is 1. The van der Waals surface area contributed by atoms with Gasteiger partial charge in [-0.2, -0.15) is 0 Å². The third kappa shape index (κ3) is 1.29. The van der Waals surface area contributed by atoms with Crippen LogP contribution in [0.4, 0.5) is 0 Å². The average molecular weight is 195 g/mol. The molecule has 72 valence electrons. The Balaban J connectivity index is 2.28. The molecule has 3 aromatic rings. The zero-order chi connectivity index (χ0) is 10.1. The first kappa shape index (κ1) is 8.17. The van der Waals surface area contributed by atoms with Crippen LogP contribution in [0.5, 0.6) is 0 Å². The first-order chi connectivity index (χ1) is 7.45. The SMILES string of the molecule is c1ccc2c(c1)ccn2-c1ccncn1. The van der Waals surface area contributed by atoms with E-state index in [2.05, 4.69) is 32.7 Å². The van der Waals surface area contributed by atoms with Crippen molar-refractivity contribution in [3.8, 4) is 5.82 Å². The lowest BCUT2D eigenvalue weighted by Crippen LogP contribution is -1.94. The molecule has 0 bridgehead atoms. The smallest absolute Gasteiger partial charge is 0.140 e. The zero-order valence-corrected chi connectivity index (χ0v) is 8.04. The molecule has 1 aromatic carbocycles. The molecule has 0 unspecified atom stereocenters. The van der Waals surface area contributed by atoms with Gasteiger partial charge < -0.3 is 4.57 Å². The number of benzene rings is 1. The van der Waals surface area contributed by atoms with E-state index in [1.807, 2.05) is 24.4 Å². The summed E-state index contributed by atoms with van der Waals surface area (Å²) in [5.41, 5.74) is 1.16. The third-order valence-electron chi connectivity index (χ3n) is 2.41. The minimum absolute atomic E-state index is 0.895. The minimum atomic E-state index is 0.895. The first-order valence-corrected chi connectivity index (χ1v) is 4.77. The molecule has 0 aliphatic heterocycles. The van der Waals surface area contributed by atoms with E-state index in [-0.39, 0.29) is 0 Å². The van der Waals surface area contributed by atoms with Gasteiger partial charge in [0.25, 0.3) is 0 Å². The van der Waals surface area contributed by atoms with E-state index < -0.39 is 0 Å². The Hall–Kier alpha value is -2.16. The van der Waals surface area contributed by atoms with Gasteiger partial charge in [0, 0.05) is 12.4 Å². The van der Waals surface area contributed by atoms with Crippen molar-refractivity contribution in [2.24, 2.45) is 0 Å². The summed E-state index contributed by atoms with van der Waals surface area (Å²) in [7, 11) is 0. The lowest BCUT2D eigenvalue weighted by atomic mass is 10.2. The Bertz CT molecular complexity index is 584. The molecule has 0 saturated carbocycles. The van der Waals surface area contributed by atoms with E-state index in [0.717, 1.165) is 11.3 Å². The molecule has 0 saturated heterocycles. The van der Waals surface area contributed by atoms with E-state index in [1.165, 1.54) is 5.39 Å². The molecular formula is C12H9N3. The second-order valence-electron chi connectivity index (χ2n) is 3.31. The number of rotatable bonds is 1. The maximum absolute atomic E-state index is 4.22. The van der Waals surface area contributed by atoms with E-state index in [9.17, 15) is 0 Å². The van der Waals surface area contributed by atoms with Crippen LogP contribution >= 0.6 is 0 Å². The monoisotopic (exact) mass is 195 g/mol. The summed E-state index contributed by atoms with van der Waals surface area (Å²) in [5, 5.41) is 1.22. The molecule has 15 heavy (non-hydrogen) atoms. The first-order valence-electron chi connectivity index (χ1n) is 4.77. The highest BCUT2D eigenvalue weighted by Gasteiger charge is 2.01. The molecular weight excluding hydrogens is 186 g/mol. The van der Waals surface area contributed by atoms with Crippen LogP contribution in [0.2, 0.25) is 0 Å². The molecule has 0 amide bonds. The summed E-state index contributed by atoms with van der Waals surface area (Å²) in [5.74, 6) is 0.895. The fourth-order valence-electron chi connectivity index (χ4n) is 1.71. The van der Waals surface area contributed by atoms with Crippen molar-refractivity contribution < 1.29 is 0 Å². The Morgan fingerprint density at radius 3 is 2.80 bits per heavy atom. The van der Waals surface area contributed by atoms with Crippen molar-refractivity contribution in [3.63, 3.8) is 0 Å². The summed E-state index contributed by atoms with van der Waals surface area (Å²) in [4.78, 5) is 8.13. The molecule has 3 heteroatoms. The van der Waals surface area contributed by atoms with Crippen LogP contribution in [0.15, 0.2) is 55.1 Å². The number of hydrogen-bond acceptors (Lipinski definition) is 2. The topological polar surface area (TPSA) is 30.7 Å². The van der Waals surface area contributed by atoms with Gasteiger partial charge in [-0.05, 0) is 23.6 Å². The van der Waals surface area contributed by atoms with Crippen LogP contribution in [-0.4, -0.2) is 14.5 Å². The van der Waals surface area contributed by atoms with Crippen molar-refractivity contribution >= 4 is 10.9 Å². The van der Waals surface area contributed by atoms with Gasteiger partial charge in [0.1, 0.15) is 12.1 Å². The van der Waals surface area contributed by atoms with Crippen LogP contribution in [0.25, 0.3) is 16.7 Å². The highest BCUT2D eigenvalue weighted by atomic mass is 15.1. The Labute approximate surface area is 87.0 Å². The van der Waals surface area contributed by atoms with Gasteiger partial charge in [-0.15, -0.1) is 0 Å².